The zero-order valence-electron chi connectivity index (χ0n) is 47.6. The van der Waals surface area contributed by atoms with Crippen LogP contribution in [0.3, 0.4) is 0 Å². The first kappa shape index (κ1) is 69.5. The Morgan fingerprint density at radius 1 is 0.500 bits per heavy atom. The van der Waals surface area contributed by atoms with Crippen molar-refractivity contribution in [2.45, 2.75) is 270 Å². The van der Waals surface area contributed by atoms with Crippen molar-refractivity contribution < 1.29 is 37.3 Å². The van der Waals surface area contributed by atoms with E-state index in [9.17, 15) is 19.0 Å². The highest BCUT2D eigenvalue weighted by Gasteiger charge is 2.27. The number of nitrogens with one attached hydrogen (secondary N) is 1. The number of nitrogens with zero attached hydrogens (tertiary/aromatic N) is 1. The van der Waals surface area contributed by atoms with Gasteiger partial charge < -0.3 is 28.5 Å². The molecular formula is C62H113N2O7P. The van der Waals surface area contributed by atoms with Crippen molar-refractivity contribution in [2.24, 2.45) is 0 Å². The first-order valence-corrected chi connectivity index (χ1v) is 31.2. The number of phosphoric ester groups is 1. The van der Waals surface area contributed by atoms with Gasteiger partial charge in [0.15, 0.2) is 0 Å². The van der Waals surface area contributed by atoms with Crippen molar-refractivity contribution in [3.8, 4) is 0 Å². The Morgan fingerprint density at radius 3 is 1.33 bits per heavy atom. The van der Waals surface area contributed by atoms with E-state index in [0.717, 1.165) is 103 Å². The van der Waals surface area contributed by atoms with Crippen LogP contribution >= 0.6 is 7.82 Å². The lowest BCUT2D eigenvalue weighted by Gasteiger charge is -2.30. The first-order valence-electron chi connectivity index (χ1n) is 29.7. The zero-order valence-corrected chi connectivity index (χ0v) is 48.5. The Labute approximate surface area is 444 Å². The lowest BCUT2D eigenvalue weighted by molar-refractivity contribution is -0.870. The van der Waals surface area contributed by atoms with E-state index < -0.39 is 26.6 Å². The number of likely N-dealkylation sites (N-methyl/N-ethyl adjacent to an activating group) is 1. The van der Waals surface area contributed by atoms with Crippen LogP contribution < -0.4 is 10.2 Å². The van der Waals surface area contributed by atoms with Gasteiger partial charge in [0.2, 0.25) is 5.91 Å². The molecule has 0 aliphatic heterocycles. The van der Waals surface area contributed by atoms with Crippen molar-refractivity contribution in [3.05, 3.63) is 72.9 Å². The van der Waals surface area contributed by atoms with Crippen LogP contribution in [0.5, 0.6) is 0 Å². The number of ether oxygens (including phenoxy) is 1. The average molecular weight is 1030 g/mol. The minimum Gasteiger partial charge on any atom is -0.756 e. The number of carbonyl (C=O) groups is 2. The van der Waals surface area contributed by atoms with Gasteiger partial charge in [-0.15, -0.1) is 0 Å². The van der Waals surface area contributed by atoms with E-state index >= 15 is 0 Å². The number of hydrogen-bond donors (Lipinski definition) is 1. The highest BCUT2D eigenvalue weighted by atomic mass is 31.2. The van der Waals surface area contributed by atoms with Crippen molar-refractivity contribution >= 4 is 19.7 Å². The van der Waals surface area contributed by atoms with Crippen LogP contribution in [0.25, 0.3) is 0 Å². The number of rotatable bonds is 53. The van der Waals surface area contributed by atoms with Crippen LogP contribution in [0.2, 0.25) is 0 Å². The van der Waals surface area contributed by atoms with Crippen molar-refractivity contribution in [2.75, 3.05) is 40.9 Å². The molecule has 72 heavy (non-hydrogen) atoms. The Bertz CT molecular complexity index is 1460. The Morgan fingerprint density at radius 2 is 0.889 bits per heavy atom. The maximum absolute atomic E-state index is 13.5. The predicted molar refractivity (Wildman–Crippen MR) is 307 cm³/mol. The fourth-order valence-electron chi connectivity index (χ4n) is 8.31. The van der Waals surface area contributed by atoms with Crippen LogP contribution in [-0.2, 0) is 27.9 Å². The van der Waals surface area contributed by atoms with Crippen LogP contribution in [-0.4, -0.2) is 69.4 Å². The van der Waals surface area contributed by atoms with E-state index in [1.54, 1.807) is 0 Å². The fourth-order valence-corrected chi connectivity index (χ4v) is 9.04. The summed E-state index contributed by atoms with van der Waals surface area (Å²) in [7, 11) is 1.17. The number of unbranched alkanes of at least 4 members (excludes halogenated alkanes) is 27. The molecule has 10 heteroatoms. The minimum atomic E-state index is -4.70. The molecule has 418 valence electrons. The molecule has 0 spiro atoms. The molecular weight excluding hydrogens is 916 g/mol. The summed E-state index contributed by atoms with van der Waals surface area (Å²) < 4.78 is 30.2. The summed E-state index contributed by atoms with van der Waals surface area (Å²) in [6.07, 6.45) is 65.8. The number of allylic oxidation sites excluding steroid dienone is 11. The minimum absolute atomic E-state index is 0.0279. The van der Waals surface area contributed by atoms with Gasteiger partial charge in [0, 0.05) is 12.8 Å². The van der Waals surface area contributed by atoms with Gasteiger partial charge >= 0.3 is 5.97 Å². The molecule has 3 unspecified atom stereocenters. The molecule has 9 nitrogen and oxygen atoms in total. The quantitative estimate of drug-likeness (QED) is 0.0212. The fraction of sp³-hybridized carbons (Fsp3) is 0.774. The largest absolute Gasteiger partial charge is 0.756 e. The van der Waals surface area contributed by atoms with Crippen LogP contribution in [0.4, 0.5) is 0 Å². The maximum atomic E-state index is 13.5. The number of carbonyl (C=O) groups excluding carboxylic acids is 2. The second kappa shape index (κ2) is 51.9. The average Bonchev–Trinajstić information content (AvgIpc) is 3.34. The summed E-state index contributed by atoms with van der Waals surface area (Å²) in [4.78, 5) is 39.9. The predicted octanol–water partition coefficient (Wildman–Crippen LogP) is 17.4. The van der Waals surface area contributed by atoms with Crippen LogP contribution in [0.15, 0.2) is 72.9 Å². The number of esters is 1. The molecule has 1 amide bonds. The summed E-state index contributed by atoms with van der Waals surface area (Å²) in [5.74, 6) is -0.561. The van der Waals surface area contributed by atoms with Crippen molar-refractivity contribution in [1.29, 1.82) is 0 Å². The lowest BCUT2D eigenvalue weighted by Crippen LogP contribution is -2.47. The van der Waals surface area contributed by atoms with Gasteiger partial charge in [-0.1, -0.05) is 242 Å². The number of phosphoric acid groups is 1. The topological polar surface area (TPSA) is 114 Å². The molecule has 0 bridgehead atoms. The first-order chi connectivity index (χ1) is 34.9. The SMILES string of the molecule is CC/C=C\C/C=C\C/C=C\C/C=C\C/C=C\CCCCCCCC(=O)NC(COP(=O)([O-])OCC[N+](C)(C)C)C(/C=C\CCCCCCCCCCC)OC(=O)CCCCCCCCCCCCCCCC. The van der Waals surface area contributed by atoms with Gasteiger partial charge in [-0.25, -0.2) is 0 Å². The van der Waals surface area contributed by atoms with Gasteiger partial charge in [0.25, 0.3) is 7.82 Å². The summed E-state index contributed by atoms with van der Waals surface area (Å²) >= 11 is 0. The molecule has 0 aromatic rings. The number of amides is 1. The van der Waals surface area contributed by atoms with Gasteiger partial charge in [-0.2, -0.15) is 0 Å². The third kappa shape index (κ3) is 52.3. The second-order valence-corrected chi connectivity index (χ2v) is 22.5. The van der Waals surface area contributed by atoms with E-state index in [1.165, 1.54) is 116 Å². The maximum Gasteiger partial charge on any atom is 0.306 e. The molecule has 0 aromatic carbocycles. The van der Waals surface area contributed by atoms with E-state index in [-0.39, 0.29) is 24.9 Å². The number of hydrogen-bond acceptors (Lipinski definition) is 7. The molecule has 0 rings (SSSR count). The second-order valence-electron chi connectivity index (χ2n) is 21.1. The van der Waals surface area contributed by atoms with E-state index in [2.05, 4.69) is 86.8 Å². The molecule has 0 radical (unpaired) electrons. The highest BCUT2D eigenvalue weighted by Crippen LogP contribution is 2.38. The molecule has 0 aliphatic rings. The third-order valence-electron chi connectivity index (χ3n) is 12.9. The summed E-state index contributed by atoms with van der Waals surface area (Å²) in [6.45, 7) is 6.71. The summed E-state index contributed by atoms with van der Waals surface area (Å²) in [5, 5.41) is 3.01. The zero-order chi connectivity index (χ0) is 52.9. The molecule has 3 atom stereocenters. The van der Waals surface area contributed by atoms with Gasteiger partial charge in [0.05, 0.1) is 33.8 Å². The van der Waals surface area contributed by atoms with Crippen molar-refractivity contribution in [1.82, 2.24) is 5.32 Å². The molecule has 0 aromatic heterocycles. The summed E-state index contributed by atoms with van der Waals surface area (Å²) in [5.41, 5.74) is 0. The Hall–Kier alpha value is -2.55. The lowest BCUT2D eigenvalue weighted by atomic mass is 10.0. The number of quaternary nitrogens is 1. The van der Waals surface area contributed by atoms with Gasteiger partial charge in [-0.3, -0.25) is 14.2 Å². The Kier molecular flexibility index (Phi) is 50.1. The summed E-state index contributed by atoms with van der Waals surface area (Å²) in [6, 6.07) is -0.898. The van der Waals surface area contributed by atoms with Crippen molar-refractivity contribution in [3.63, 3.8) is 0 Å². The molecule has 0 fully saturated rings. The van der Waals surface area contributed by atoms with E-state index in [0.29, 0.717) is 23.9 Å². The van der Waals surface area contributed by atoms with E-state index in [1.807, 2.05) is 33.3 Å². The highest BCUT2D eigenvalue weighted by molar-refractivity contribution is 7.45. The van der Waals surface area contributed by atoms with Crippen LogP contribution in [0, 0.1) is 0 Å². The standard InChI is InChI=1S/C62H113N2O7P/c1-7-10-13-16-19-22-25-27-29-30-31-32-33-34-35-36-39-42-45-48-51-54-61(65)63-59(58-70-72(67,68)69-57-56-64(4,5)6)60(53-50-47-44-41-38-24-21-18-15-12-9-3)71-62(66)55-52-49-46-43-40-37-28-26-23-20-17-14-11-8-2/h10,13,19,22,27,29,31-32,34-35,50,53,59-60H,7-9,11-12,14-18,20-21,23-26,28,30,33,36-49,51-52,54-58H2,1-6H3,(H-,63,65,67,68)/b13-10-,22-19-,29-27-,32-31-,35-34-,53-50-. The smallest absolute Gasteiger partial charge is 0.306 e. The third-order valence-corrected chi connectivity index (χ3v) is 13.9. The molecule has 0 aliphatic carbocycles. The van der Waals surface area contributed by atoms with Gasteiger partial charge in [0.1, 0.15) is 19.3 Å². The Balaban J connectivity index is 5.28. The van der Waals surface area contributed by atoms with Gasteiger partial charge in [-0.05, 0) is 76.7 Å². The monoisotopic (exact) mass is 1030 g/mol. The van der Waals surface area contributed by atoms with Crippen LogP contribution in [0.1, 0.15) is 258 Å². The molecule has 0 heterocycles. The molecule has 0 saturated heterocycles. The van der Waals surface area contributed by atoms with E-state index in [4.69, 9.17) is 13.8 Å². The normalized spacial score (nSPS) is 14.3. The molecule has 0 saturated carbocycles. The molecule has 1 N–H and O–H groups in total.